The van der Waals surface area contributed by atoms with Crippen LogP contribution < -0.4 is 9.47 Å². The summed E-state index contributed by atoms with van der Waals surface area (Å²) >= 11 is 0. The van der Waals surface area contributed by atoms with Crippen molar-refractivity contribution in [2.24, 2.45) is 10.2 Å². The van der Waals surface area contributed by atoms with E-state index in [-0.39, 0.29) is 23.6 Å². The molecule has 4 heterocycles. The van der Waals surface area contributed by atoms with E-state index in [9.17, 15) is 20.4 Å². The highest BCUT2D eigenvalue weighted by atomic mass is 16.5. The van der Waals surface area contributed by atoms with Crippen LogP contribution >= 0.6 is 0 Å². The molecule has 2 aromatic rings. The van der Waals surface area contributed by atoms with Crippen molar-refractivity contribution in [1.82, 2.24) is 9.80 Å². The second-order valence-corrected chi connectivity index (χ2v) is 14.8. The van der Waals surface area contributed by atoms with Gasteiger partial charge in [-0.1, -0.05) is 12.1 Å². The summed E-state index contributed by atoms with van der Waals surface area (Å²) in [4.78, 5) is 4.55. The molecule has 4 bridgehead atoms. The smallest absolute Gasteiger partial charge is 0.166 e. The van der Waals surface area contributed by atoms with E-state index in [0.717, 1.165) is 59.6 Å². The molecular weight excluding hydrogens is 560 g/mol. The highest BCUT2D eigenvalue weighted by Crippen LogP contribution is 2.66. The summed E-state index contributed by atoms with van der Waals surface area (Å²) in [5, 5.41) is 56.7. The lowest BCUT2D eigenvalue weighted by Gasteiger charge is -2.62. The van der Waals surface area contributed by atoms with Crippen LogP contribution in [0.5, 0.6) is 23.0 Å². The lowest BCUT2D eigenvalue weighted by Crippen LogP contribution is -2.76. The number of benzene rings is 2. The van der Waals surface area contributed by atoms with Gasteiger partial charge in [0, 0.05) is 23.2 Å². The van der Waals surface area contributed by atoms with Crippen molar-refractivity contribution < 1.29 is 29.9 Å². The molecule has 10 nitrogen and oxygen atoms in total. The molecule has 44 heavy (non-hydrogen) atoms. The number of phenolic OH excluding ortho intramolecular Hbond substituents is 2. The molecule has 0 radical (unpaired) electrons. The largest absolute Gasteiger partial charge is 0.504 e. The lowest BCUT2D eigenvalue weighted by atomic mass is 9.49. The minimum absolute atomic E-state index is 0.0377. The second-order valence-electron chi connectivity index (χ2n) is 14.8. The molecule has 2 saturated heterocycles. The number of phenols is 2. The van der Waals surface area contributed by atoms with Crippen molar-refractivity contribution in [2.75, 3.05) is 27.2 Å². The van der Waals surface area contributed by atoms with Gasteiger partial charge in [0.25, 0.3) is 0 Å². The summed E-state index contributed by atoms with van der Waals surface area (Å²) in [5.41, 5.74) is 2.31. The Labute approximate surface area is 255 Å². The van der Waals surface area contributed by atoms with Crippen LogP contribution in [-0.2, 0) is 23.7 Å². The van der Waals surface area contributed by atoms with E-state index in [4.69, 9.17) is 19.7 Å². The first-order valence-corrected chi connectivity index (χ1v) is 16.2. The van der Waals surface area contributed by atoms with E-state index in [1.165, 1.54) is 0 Å². The van der Waals surface area contributed by atoms with Gasteiger partial charge in [-0.2, -0.15) is 10.2 Å². The van der Waals surface area contributed by atoms with E-state index in [1.807, 2.05) is 12.1 Å². The third kappa shape index (κ3) is 2.61. The number of rotatable bonds is 1. The zero-order chi connectivity index (χ0) is 30.0. The molecule has 2 aromatic carbocycles. The van der Waals surface area contributed by atoms with Crippen molar-refractivity contribution in [2.45, 2.75) is 97.7 Å². The van der Waals surface area contributed by atoms with Gasteiger partial charge in [0.05, 0.1) is 33.5 Å². The molecule has 4 aliphatic carbocycles. The number of hydrogen-bond acceptors (Lipinski definition) is 10. The van der Waals surface area contributed by atoms with Crippen molar-refractivity contribution in [3.8, 4) is 23.0 Å². The first kappa shape index (κ1) is 26.1. The average Bonchev–Trinajstić information content (AvgIpc) is 3.54. The molecule has 10 rings (SSSR count). The van der Waals surface area contributed by atoms with E-state index in [2.05, 4.69) is 23.9 Å². The van der Waals surface area contributed by atoms with Crippen LogP contribution in [0.2, 0.25) is 0 Å². The summed E-state index contributed by atoms with van der Waals surface area (Å²) < 4.78 is 13.2. The van der Waals surface area contributed by atoms with Crippen LogP contribution in [0.3, 0.4) is 0 Å². The molecule has 10 heteroatoms. The zero-order valence-corrected chi connectivity index (χ0v) is 25.1. The number of hydrogen-bond donors (Lipinski definition) is 4. The average molecular weight is 599 g/mol. The Balaban J connectivity index is 1.10. The lowest BCUT2D eigenvalue weighted by molar-refractivity contribution is -0.161. The number of aromatic hydroxyl groups is 2. The van der Waals surface area contributed by atoms with Gasteiger partial charge >= 0.3 is 0 Å². The first-order chi connectivity index (χ1) is 21.1. The quantitative estimate of drug-likeness (QED) is 0.368. The third-order valence-corrected chi connectivity index (χ3v) is 13.4. The standard InChI is InChI=1S/C34H38N4O6/c1-37-13-11-31-25-17-3-5-21(39)27(25)43-29(31)19(7-9-33(31,41)23(37)15-17)35-36-20-8-10-34(42)24-16-18-4-6-22(40)28-26(18)32(34,30(20)44-28)12-14-38(24)2/h3-6,23-24,29-30,39-42H,7-16H2,1-2H3/b35-19-,36-20+/t23-,24-,29+,30+,31+,32+,33-,34-/m0/s1. The predicted molar refractivity (Wildman–Crippen MR) is 161 cm³/mol. The number of piperidine rings is 2. The number of aliphatic hydroxyl groups is 2. The van der Waals surface area contributed by atoms with Crippen LogP contribution in [0.1, 0.15) is 60.8 Å². The van der Waals surface area contributed by atoms with Crippen LogP contribution in [0.15, 0.2) is 34.5 Å². The highest BCUT2D eigenvalue weighted by molar-refractivity contribution is 5.97. The van der Waals surface area contributed by atoms with Gasteiger partial charge < -0.3 is 39.7 Å². The molecule has 4 fully saturated rings. The molecule has 8 atom stereocenters. The van der Waals surface area contributed by atoms with Gasteiger partial charge in [-0.3, -0.25) is 0 Å². The maximum atomic E-state index is 12.5. The SMILES string of the molecule is CN1CC[C@@]23c4c5ccc(O)c4O[C@@H]2/C(=N\N=C2/CC[C@]4(O)[C@@H]6Cc7ccc(O)c8c7[C@]4(CCN6C)[C@@H]2O8)CC[C@]3(O)[C@@H]1C5. The Morgan fingerprint density at radius 1 is 0.682 bits per heavy atom. The van der Waals surface area contributed by atoms with Gasteiger partial charge in [-0.15, -0.1) is 0 Å². The third-order valence-electron chi connectivity index (χ3n) is 13.4. The van der Waals surface area contributed by atoms with Gasteiger partial charge in [0.1, 0.15) is 0 Å². The first-order valence-electron chi connectivity index (χ1n) is 16.2. The molecule has 0 aromatic heterocycles. The second kappa shape index (κ2) is 7.96. The van der Waals surface area contributed by atoms with Crippen molar-refractivity contribution in [3.05, 3.63) is 46.5 Å². The van der Waals surface area contributed by atoms with E-state index >= 15 is 0 Å². The fourth-order valence-corrected chi connectivity index (χ4v) is 11.4. The van der Waals surface area contributed by atoms with Crippen LogP contribution in [-0.4, -0.2) is 104 Å². The van der Waals surface area contributed by atoms with E-state index < -0.39 is 34.2 Å². The molecule has 2 spiro atoms. The van der Waals surface area contributed by atoms with Gasteiger partial charge in [0.2, 0.25) is 0 Å². The molecule has 0 unspecified atom stereocenters. The highest BCUT2D eigenvalue weighted by Gasteiger charge is 2.74. The van der Waals surface area contributed by atoms with E-state index in [0.29, 0.717) is 50.0 Å². The van der Waals surface area contributed by atoms with Crippen LogP contribution in [0.25, 0.3) is 0 Å². The minimum Gasteiger partial charge on any atom is -0.504 e. The maximum absolute atomic E-state index is 12.5. The number of likely N-dealkylation sites (tertiary alicyclic amines) is 2. The minimum atomic E-state index is -1.00. The summed E-state index contributed by atoms with van der Waals surface area (Å²) in [6, 6.07) is 7.31. The zero-order valence-electron chi connectivity index (χ0n) is 25.1. The number of ether oxygens (including phenoxy) is 2. The topological polar surface area (TPSA) is 131 Å². The van der Waals surface area contributed by atoms with Crippen molar-refractivity contribution in [1.29, 1.82) is 0 Å². The molecule has 4 N–H and O–H groups in total. The summed E-state index contributed by atoms with van der Waals surface area (Å²) in [5.74, 6) is 1.17. The Morgan fingerprint density at radius 2 is 1.11 bits per heavy atom. The van der Waals surface area contributed by atoms with E-state index in [1.54, 1.807) is 12.1 Å². The molecular formula is C34H38N4O6. The molecule has 0 amide bonds. The fourth-order valence-electron chi connectivity index (χ4n) is 11.4. The molecule has 230 valence electrons. The number of likely N-dealkylation sites (N-methyl/N-ethyl adjacent to an activating group) is 2. The maximum Gasteiger partial charge on any atom is 0.166 e. The van der Waals surface area contributed by atoms with Crippen LogP contribution in [0, 0.1) is 0 Å². The summed E-state index contributed by atoms with van der Waals surface area (Å²) in [6.45, 7) is 1.64. The Bertz CT molecular complexity index is 1620. The molecule has 4 aliphatic heterocycles. The molecule has 2 saturated carbocycles. The van der Waals surface area contributed by atoms with Gasteiger partial charge in [0.15, 0.2) is 35.2 Å². The predicted octanol–water partition coefficient (Wildman–Crippen LogP) is 2.16. The monoisotopic (exact) mass is 598 g/mol. The van der Waals surface area contributed by atoms with Crippen molar-refractivity contribution >= 4 is 11.4 Å². The Kier molecular flexibility index (Phi) is 4.72. The Morgan fingerprint density at radius 3 is 1.55 bits per heavy atom. The Hall–Kier alpha value is -3.18. The number of nitrogens with zero attached hydrogens (tertiary/aromatic N) is 4. The van der Waals surface area contributed by atoms with Crippen LogP contribution in [0.4, 0.5) is 0 Å². The van der Waals surface area contributed by atoms with Crippen molar-refractivity contribution in [3.63, 3.8) is 0 Å². The summed E-state index contributed by atoms with van der Waals surface area (Å²) in [6.07, 6.45) is 3.95. The fraction of sp³-hybridized carbons (Fsp3) is 0.588. The van der Waals surface area contributed by atoms with Gasteiger partial charge in [-0.25, -0.2) is 0 Å². The normalized spacial score (nSPS) is 44.3. The van der Waals surface area contributed by atoms with Gasteiger partial charge in [-0.05, 0) is 102 Å². The molecule has 8 aliphatic rings. The summed E-state index contributed by atoms with van der Waals surface area (Å²) in [7, 11) is 4.18.